The molecule has 2 heterocycles. The highest BCUT2D eigenvalue weighted by Crippen LogP contribution is 2.46. The maximum Gasteiger partial charge on any atom is 0.129 e. The third kappa shape index (κ3) is 3.56. The molecule has 1 fully saturated rings. The van der Waals surface area contributed by atoms with Crippen LogP contribution in [0, 0.1) is 0 Å². The molecule has 0 unspecified atom stereocenters. The van der Waals surface area contributed by atoms with Gasteiger partial charge in [0.05, 0.1) is 11.2 Å². The number of hydrogen-bond donors (Lipinski definition) is 2. The first-order valence-electron chi connectivity index (χ1n) is 11.7. The highest BCUT2D eigenvalue weighted by Gasteiger charge is 2.32. The lowest BCUT2D eigenvalue weighted by molar-refractivity contribution is 0.119. The van der Waals surface area contributed by atoms with Crippen LogP contribution in [0.2, 0.25) is 0 Å². The number of pyridine rings is 1. The van der Waals surface area contributed by atoms with E-state index in [4.69, 9.17) is 9.82 Å². The van der Waals surface area contributed by atoms with Crippen LogP contribution in [0.5, 0.6) is 11.5 Å². The van der Waals surface area contributed by atoms with Crippen molar-refractivity contribution in [1.82, 2.24) is 9.88 Å². The number of fused-ring (bicyclic) bond motifs is 5. The molecule has 2 aliphatic rings. The lowest BCUT2D eigenvalue weighted by atomic mass is 9.96. The largest absolute Gasteiger partial charge is 0.508 e. The molecule has 1 aliphatic heterocycles. The van der Waals surface area contributed by atoms with Crippen molar-refractivity contribution in [1.29, 1.82) is 0 Å². The Hall–Kier alpha value is -3.90. The Morgan fingerprint density at radius 2 is 1.62 bits per heavy atom. The minimum atomic E-state index is 0.180. The van der Waals surface area contributed by atoms with E-state index in [1.165, 1.54) is 12.8 Å². The first kappa shape index (κ1) is 20.7. The van der Waals surface area contributed by atoms with Gasteiger partial charge in [0, 0.05) is 34.2 Å². The molecule has 1 saturated heterocycles. The molecule has 6 rings (SSSR count). The summed E-state index contributed by atoms with van der Waals surface area (Å²) in [5.41, 5.74) is 6.96. The van der Waals surface area contributed by atoms with Crippen LogP contribution in [0.4, 0.5) is 0 Å². The van der Waals surface area contributed by atoms with E-state index in [0.29, 0.717) is 12.3 Å². The van der Waals surface area contributed by atoms with Gasteiger partial charge in [-0.3, -0.25) is 4.90 Å². The Labute approximate surface area is 197 Å². The van der Waals surface area contributed by atoms with E-state index in [9.17, 15) is 10.2 Å². The smallest absolute Gasteiger partial charge is 0.129 e. The number of rotatable bonds is 5. The molecule has 0 amide bonds. The standard InChI is InChI=1S/C28H25N3O3/c32-19-9-7-18(8-10-19)27-25-21-12-11-20(33)17-23(21)28(30-34-16-15-31-13-3-4-14-31)26(25)22-5-1-2-6-24(22)29-27/h1-2,5-12,17,32-33H,3-4,13-16H2/b30-28+. The predicted octanol–water partition coefficient (Wildman–Crippen LogP) is 5.16. The van der Waals surface area contributed by atoms with E-state index in [2.05, 4.69) is 10.1 Å². The first-order chi connectivity index (χ1) is 16.7. The zero-order valence-corrected chi connectivity index (χ0v) is 18.7. The molecule has 170 valence electrons. The second kappa shape index (κ2) is 8.47. The molecule has 0 radical (unpaired) electrons. The van der Waals surface area contributed by atoms with E-state index in [0.717, 1.165) is 64.0 Å². The van der Waals surface area contributed by atoms with Gasteiger partial charge in [-0.25, -0.2) is 4.98 Å². The molecule has 0 saturated carbocycles. The summed E-state index contributed by atoms with van der Waals surface area (Å²) in [5.74, 6) is 0.389. The molecule has 3 aromatic carbocycles. The maximum atomic E-state index is 10.3. The van der Waals surface area contributed by atoms with Crippen molar-refractivity contribution < 1.29 is 15.1 Å². The molecule has 2 N–H and O–H groups in total. The zero-order chi connectivity index (χ0) is 23.1. The van der Waals surface area contributed by atoms with E-state index in [1.807, 2.05) is 42.5 Å². The highest BCUT2D eigenvalue weighted by atomic mass is 16.6. The van der Waals surface area contributed by atoms with E-state index >= 15 is 0 Å². The van der Waals surface area contributed by atoms with E-state index in [-0.39, 0.29) is 11.5 Å². The molecular formula is C28H25N3O3. The Balaban J connectivity index is 1.52. The summed E-state index contributed by atoms with van der Waals surface area (Å²) in [5, 5.41) is 25.7. The molecule has 1 aromatic heterocycles. The Morgan fingerprint density at radius 3 is 2.44 bits per heavy atom. The van der Waals surface area contributed by atoms with Crippen molar-refractivity contribution in [2.24, 2.45) is 5.16 Å². The number of para-hydroxylation sites is 1. The summed E-state index contributed by atoms with van der Waals surface area (Å²) in [6.07, 6.45) is 2.49. The Morgan fingerprint density at radius 1 is 0.853 bits per heavy atom. The molecule has 1 aliphatic carbocycles. The number of hydrogen-bond acceptors (Lipinski definition) is 6. The quantitative estimate of drug-likeness (QED) is 0.285. The van der Waals surface area contributed by atoms with E-state index < -0.39 is 0 Å². The third-order valence-corrected chi connectivity index (χ3v) is 6.65. The van der Waals surface area contributed by atoms with Crippen LogP contribution >= 0.6 is 0 Å². The maximum absolute atomic E-state index is 10.3. The fourth-order valence-corrected chi connectivity index (χ4v) is 5.01. The van der Waals surface area contributed by atoms with Crippen molar-refractivity contribution in [2.45, 2.75) is 12.8 Å². The first-order valence-corrected chi connectivity index (χ1v) is 11.7. The van der Waals surface area contributed by atoms with Gasteiger partial charge in [0.1, 0.15) is 23.8 Å². The van der Waals surface area contributed by atoms with Crippen LogP contribution in [-0.2, 0) is 4.84 Å². The van der Waals surface area contributed by atoms with Crippen molar-refractivity contribution in [2.75, 3.05) is 26.2 Å². The van der Waals surface area contributed by atoms with Crippen LogP contribution < -0.4 is 0 Å². The monoisotopic (exact) mass is 451 g/mol. The van der Waals surface area contributed by atoms with Crippen LogP contribution in [0.1, 0.15) is 24.0 Å². The van der Waals surface area contributed by atoms with Crippen LogP contribution in [0.3, 0.4) is 0 Å². The van der Waals surface area contributed by atoms with Gasteiger partial charge in [0.15, 0.2) is 0 Å². The van der Waals surface area contributed by atoms with Gasteiger partial charge in [-0.15, -0.1) is 0 Å². The number of likely N-dealkylation sites (tertiary alicyclic amines) is 1. The van der Waals surface area contributed by atoms with Crippen molar-refractivity contribution in [3.05, 3.63) is 77.9 Å². The number of nitrogens with zero attached hydrogens (tertiary/aromatic N) is 3. The van der Waals surface area contributed by atoms with Crippen LogP contribution in [0.25, 0.3) is 33.3 Å². The second-order valence-electron chi connectivity index (χ2n) is 8.83. The molecule has 4 aromatic rings. The Kier molecular flexibility index (Phi) is 5.15. The van der Waals surface area contributed by atoms with Crippen molar-refractivity contribution in [3.8, 4) is 33.9 Å². The van der Waals surface area contributed by atoms with Gasteiger partial charge < -0.3 is 15.1 Å². The minimum Gasteiger partial charge on any atom is -0.508 e. The Bertz CT molecular complexity index is 1410. The molecule has 6 heteroatoms. The number of phenols is 2. The molecule has 0 atom stereocenters. The number of benzene rings is 3. The molecule has 6 nitrogen and oxygen atoms in total. The van der Waals surface area contributed by atoms with Gasteiger partial charge in [-0.2, -0.15) is 0 Å². The topological polar surface area (TPSA) is 78.2 Å². The highest BCUT2D eigenvalue weighted by molar-refractivity contribution is 6.31. The summed E-state index contributed by atoms with van der Waals surface area (Å²) < 4.78 is 0. The summed E-state index contributed by atoms with van der Waals surface area (Å²) >= 11 is 0. The number of oxime groups is 1. The molecule has 0 spiro atoms. The van der Waals surface area contributed by atoms with E-state index in [1.54, 1.807) is 24.3 Å². The average molecular weight is 452 g/mol. The summed E-state index contributed by atoms with van der Waals surface area (Å²) in [6.45, 7) is 3.60. The average Bonchev–Trinajstić information content (AvgIpc) is 3.48. The SMILES string of the molecule is Oc1ccc(-c2nc3ccccc3c3c2-c2ccc(O)cc2/C3=N\OCCN2CCCC2)cc1. The van der Waals surface area contributed by atoms with Gasteiger partial charge in [-0.1, -0.05) is 23.4 Å². The molecule has 0 bridgehead atoms. The van der Waals surface area contributed by atoms with Crippen molar-refractivity contribution in [3.63, 3.8) is 0 Å². The summed E-state index contributed by atoms with van der Waals surface area (Å²) in [6, 6.07) is 20.4. The van der Waals surface area contributed by atoms with Gasteiger partial charge >= 0.3 is 0 Å². The molecular weight excluding hydrogens is 426 g/mol. The lowest BCUT2D eigenvalue weighted by Crippen LogP contribution is -2.23. The predicted molar refractivity (Wildman–Crippen MR) is 133 cm³/mol. The lowest BCUT2D eigenvalue weighted by Gasteiger charge is -2.14. The number of aromatic nitrogens is 1. The van der Waals surface area contributed by atoms with Gasteiger partial charge in [0.2, 0.25) is 0 Å². The second-order valence-corrected chi connectivity index (χ2v) is 8.83. The zero-order valence-electron chi connectivity index (χ0n) is 18.7. The van der Waals surface area contributed by atoms with Crippen LogP contribution in [0.15, 0.2) is 71.9 Å². The minimum absolute atomic E-state index is 0.180. The van der Waals surface area contributed by atoms with Gasteiger partial charge in [-0.05, 0) is 80.0 Å². The normalized spacial score (nSPS) is 16.2. The number of phenolic OH excluding ortho intramolecular Hbond substituents is 2. The molecule has 34 heavy (non-hydrogen) atoms. The van der Waals surface area contributed by atoms with Crippen LogP contribution in [-0.4, -0.2) is 52.0 Å². The fourth-order valence-electron chi connectivity index (χ4n) is 5.01. The third-order valence-electron chi connectivity index (χ3n) is 6.65. The van der Waals surface area contributed by atoms with Gasteiger partial charge in [0.25, 0.3) is 0 Å². The number of aromatic hydroxyl groups is 2. The fraction of sp³-hybridized carbons (Fsp3) is 0.214. The van der Waals surface area contributed by atoms with Crippen molar-refractivity contribution >= 4 is 16.6 Å². The summed E-state index contributed by atoms with van der Waals surface area (Å²) in [7, 11) is 0. The summed E-state index contributed by atoms with van der Waals surface area (Å²) in [4.78, 5) is 13.3.